The Hall–Kier alpha value is -2.44. The van der Waals surface area contributed by atoms with Crippen molar-refractivity contribution >= 4 is 17.5 Å². The molecule has 94 valence electrons. The van der Waals surface area contributed by atoms with Crippen LogP contribution >= 0.6 is 0 Å². The molecule has 0 bridgehead atoms. The summed E-state index contributed by atoms with van der Waals surface area (Å²) in [5, 5.41) is 8.58. The van der Waals surface area contributed by atoms with Gasteiger partial charge in [-0.2, -0.15) is 5.10 Å². The molecule has 2 amide bonds. The van der Waals surface area contributed by atoms with Gasteiger partial charge in [-0.25, -0.2) is 13.6 Å². The van der Waals surface area contributed by atoms with Crippen LogP contribution in [0.15, 0.2) is 30.5 Å². The number of amides is 2. The number of hydrogen-bond acceptors (Lipinski definition) is 2. The van der Waals surface area contributed by atoms with E-state index in [1.807, 2.05) is 0 Å². The number of urea groups is 1. The van der Waals surface area contributed by atoms with Crippen LogP contribution in [0.3, 0.4) is 0 Å². The van der Waals surface area contributed by atoms with E-state index in [4.69, 9.17) is 0 Å². The lowest BCUT2D eigenvalue weighted by Gasteiger charge is -2.06. The molecular weight excluding hydrogens is 242 g/mol. The van der Waals surface area contributed by atoms with Gasteiger partial charge < -0.3 is 5.32 Å². The highest BCUT2D eigenvalue weighted by atomic mass is 19.1. The smallest absolute Gasteiger partial charge is 0.305 e. The van der Waals surface area contributed by atoms with Gasteiger partial charge in [-0.1, -0.05) is 0 Å². The van der Waals surface area contributed by atoms with Crippen LogP contribution in [-0.4, -0.2) is 15.8 Å². The lowest BCUT2D eigenvalue weighted by molar-refractivity contribution is 0.262. The van der Waals surface area contributed by atoms with E-state index >= 15 is 0 Å². The molecule has 0 spiro atoms. The molecule has 2 N–H and O–H groups in total. The van der Waals surface area contributed by atoms with E-state index in [1.165, 1.54) is 4.68 Å². The van der Waals surface area contributed by atoms with E-state index in [-0.39, 0.29) is 5.69 Å². The van der Waals surface area contributed by atoms with Crippen LogP contribution < -0.4 is 10.6 Å². The fourth-order valence-electron chi connectivity index (χ4n) is 1.34. The molecule has 0 saturated heterocycles. The second kappa shape index (κ2) is 4.82. The number of rotatable bonds is 2. The standard InChI is InChI=1S/C11H10F2N4O/c1-17-5-4-10(16-17)15-11(18)14-9-3-2-7(12)6-8(9)13/h2-6H,1H3,(H2,14,15,16,18). The molecule has 2 rings (SSSR count). The fourth-order valence-corrected chi connectivity index (χ4v) is 1.34. The van der Waals surface area contributed by atoms with E-state index < -0.39 is 17.7 Å². The molecule has 0 aliphatic carbocycles. The predicted molar refractivity (Wildman–Crippen MR) is 62.2 cm³/mol. The van der Waals surface area contributed by atoms with Crippen molar-refractivity contribution in [2.75, 3.05) is 10.6 Å². The van der Waals surface area contributed by atoms with Crippen LogP contribution in [0.5, 0.6) is 0 Å². The van der Waals surface area contributed by atoms with Gasteiger partial charge in [0.2, 0.25) is 0 Å². The zero-order chi connectivity index (χ0) is 13.1. The first kappa shape index (κ1) is 12.0. The first-order valence-corrected chi connectivity index (χ1v) is 5.07. The number of nitrogens with one attached hydrogen (secondary N) is 2. The molecule has 5 nitrogen and oxygen atoms in total. The highest BCUT2D eigenvalue weighted by molar-refractivity contribution is 5.99. The van der Waals surface area contributed by atoms with E-state index in [9.17, 15) is 13.6 Å². The van der Waals surface area contributed by atoms with Gasteiger partial charge in [-0.3, -0.25) is 10.00 Å². The summed E-state index contributed by atoms with van der Waals surface area (Å²) in [6.45, 7) is 0. The number of hydrogen-bond donors (Lipinski definition) is 2. The highest BCUT2D eigenvalue weighted by Gasteiger charge is 2.08. The Morgan fingerprint density at radius 1 is 1.28 bits per heavy atom. The van der Waals surface area contributed by atoms with Crippen LogP contribution in [0.2, 0.25) is 0 Å². The van der Waals surface area contributed by atoms with Crippen LogP contribution in [-0.2, 0) is 7.05 Å². The third-order valence-electron chi connectivity index (χ3n) is 2.13. The van der Waals surface area contributed by atoms with Crippen molar-refractivity contribution < 1.29 is 13.6 Å². The van der Waals surface area contributed by atoms with E-state index in [0.717, 1.165) is 12.1 Å². The topological polar surface area (TPSA) is 59.0 Å². The third-order valence-corrected chi connectivity index (χ3v) is 2.13. The largest absolute Gasteiger partial charge is 0.324 e. The molecule has 2 aromatic rings. The normalized spacial score (nSPS) is 10.2. The Morgan fingerprint density at radius 2 is 2.06 bits per heavy atom. The van der Waals surface area contributed by atoms with Crippen molar-refractivity contribution in [1.82, 2.24) is 9.78 Å². The number of benzene rings is 1. The van der Waals surface area contributed by atoms with Crippen molar-refractivity contribution in [3.63, 3.8) is 0 Å². The zero-order valence-electron chi connectivity index (χ0n) is 9.45. The third kappa shape index (κ3) is 2.82. The quantitative estimate of drug-likeness (QED) is 0.861. The van der Waals surface area contributed by atoms with Crippen LogP contribution in [0.25, 0.3) is 0 Å². The molecule has 0 unspecified atom stereocenters. The van der Waals surface area contributed by atoms with Gasteiger partial charge in [0, 0.05) is 25.4 Å². The minimum absolute atomic E-state index is 0.107. The summed E-state index contributed by atoms with van der Waals surface area (Å²) in [5.41, 5.74) is -0.107. The molecule has 18 heavy (non-hydrogen) atoms. The van der Waals surface area contributed by atoms with E-state index in [2.05, 4.69) is 15.7 Å². The Balaban J connectivity index is 2.03. The van der Waals surface area contributed by atoms with Crippen molar-refractivity contribution in [3.05, 3.63) is 42.1 Å². The Bertz CT molecular complexity index is 582. The molecule has 1 aromatic heterocycles. The second-order valence-corrected chi connectivity index (χ2v) is 3.58. The molecule has 1 heterocycles. The minimum atomic E-state index is -0.842. The summed E-state index contributed by atoms with van der Waals surface area (Å²) in [6, 6.07) is 3.82. The van der Waals surface area contributed by atoms with Crippen molar-refractivity contribution in [1.29, 1.82) is 0 Å². The molecule has 0 atom stereocenters. The van der Waals surface area contributed by atoms with Crippen molar-refractivity contribution in [2.24, 2.45) is 7.05 Å². The number of aryl methyl sites for hydroxylation is 1. The lowest BCUT2D eigenvalue weighted by Crippen LogP contribution is -2.20. The van der Waals surface area contributed by atoms with Crippen molar-refractivity contribution in [2.45, 2.75) is 0 Å². The van der Waals surface area contributed by atoms with Crippen LogP contribution in [0, 0.1) is 11.6 Å². The maximum atomic E-state index is 13.3. The van der Waals surface area contributed by atoms with Gasteiger partial charge in [0.05, 0.1) is 5.69 Å². The summed E-state index contributed by atoms with van der Waals surface area (Å²) < 4.78 is 27.4. The minimum Gasteiger partial charge on any atom is -0.305 e. The molecule has 0 aliphatic heterocycles. The van der Waals surface area contributed by atoms with E-state index in [1.54, 1.807) is 19.3 Å². The van der Waals surface area contributed by atoms with E-state index in [0.29, 0.717) is 11.9 Å². The van der Waals surface area contributed by atoms with Gasteiger partial charge >= 0.3 is 6.03 Å². The average molecular weight is 252 g/mol. The molecule has 0 fully saturated rings. The Labute approximate surface area is 101 Å². The Morgan fingerprint density at radius 3 is 2.67 bits per heavy atom. The van der Waals surface area contributed by atoms with Gasteiger partial charge in [0.25, 0.3) is 0 Å². The lowest BCUT2D eigenvalue weighted by atomic mass is 10.3. The average Bonchev–Trinajstić information content (AvgIpc) is 2.68. The number of nitrogens with zero attached hydrogens (tertiary/aromatic N) is 2. The predicted octanol–water partition coefficient (Wildman–Crippen LogP) is 2.34. The SMILES string of the molecule is Cn1ccc(NC(=O)Nc2ccc(F)cc2F)n1. The number of anilines is 2. The monoisotopic (exact) mass is 252 g/mol. The zero-order valence-corrected chi connectivity index (χ0v) is 9.45. The maximum Gasteiger partial charge on any atom is 0.324 e. The first-order valence-electron chi connectivity index (χ1n) is 5.07. The summed E-state index contributed by atoms with van der Waals surface area (Å²) in [5.74, 6) is -1.22. The van der Waals surface area contributed by atoms with Gasteiger partial charge in [0.15, 0.2) is 5.82 Å². The molecule has 7 heteroatoms. The fraction of sp³-hybridized carbons (Fsp3) is 0.0909. The summed E-state index contributed by atoms with van der Waals surface area (Å²) >= 11 is 0. The van der Waals surface area contributed by atoms with Crippen LogP contribution in [0.4, 0.5) is 25.1 Å². The number of halogens is 2. The molecule has 0 radical (unpaired) electrons. The second-order valence-electron chi connectivity index (χ2n) is 3.58. The van der Waals surface area contributed by atoms with Gasteiger partial charge in [0.1, 0.15) is 11.6 Å². The summed E-state index contributed by atoms with van der Waals surface area (Å²) in [7, 11) is 1.70. The van der Waals surface area contributed by atoms with Crippen molar-refractivity contribution in [3.8, 4) is 0 Å². The number of carbonyl (C=O) groups is 1. The highest BCUT2D eigenvalue weighted by Crippen LogP contribution is 2.15. The summed E-state index contributed by atoms with van der Waals surface area (Å²) in [6.07, 6.45) is 1.65. The maximum absolute atomic E-state index is 13.3. The molecule has 0 saturated carbocycles. The molecule has 1 aromatic carbocycles. The number of aromatic nitrogens is 2. The molecule has 0 aliphatic rings. The number of carbonyl (C=O) groups excluding carboxylic acids is 1. The van der Waals surface area contributed by atoms with Gasteiger partial charge in [-0.05, 0) is 12.1 Å². The summed E-state index contributed by atoms with van der Waals surface area (Å²) in [4.78, 5) is 11.5. The first-order chi connectivity index (χ1) is 8.54. The van der Waals surface area contributed by atoms with Crippen LogP contribution in [0.1, 0.15) is 0 Å². The molecular formula is C11H10F2N4O. The van der Waals surface area contributed by atoms with Gasteiger partial charge in [-0.15, -0.1) is 0 Å². The Kier molecular flexibility index (Phi) is 3.22.